The van der Waals surface area contributed by atoms with Gasteiger partial charge in [-0.15, -0.1) is 11.3 Å². The van der Waals surface area contributed by atoms with Gasteiger partial charge in [-0.05, 0) is 19.4 Å². The first kappa shape index (κ1) is 12.5. The van der Waals surface area contributed by atoms with Crippen molar-refractivity contribution in [2.24, 2.45) is 11.8 Å². The molecular formula is C12H19N3OS. The molecule has 1 fully saturated rings. The molecule has 5 heteroatoms. The number of aromatic nitrogens is 1. The third kappa shape index (κ3) is 2.66. The summed E-state index contributed by atoms with van der Waals surface area (Å²) in [7, 11) is 1.88. The van der Waals surface area contributed by atoms with Gasteiger partial charge in [-0.25, -0.2) is 4.98 Å². The Hall–Kier alpha value is -0.940. The van der Waals surface area contributed by atoms with Crippen LogP contribution in [0.4, 0.5) is 0 Å². The van der Waals surface area contributed by atoms with Crippen LogP contribution < -0.4 is 5.32 Å². The first-order valence-corrected chi connectivity index (χ1v) is 6.82. The Labute approximate surface area is 106 Å². The minimum absolute atomic E-state index is 0.133. The molecule has 0 aliphatic carbocycles. The Morgan fingerprint density at radius 1 is 1.65 bits per heavy atom. The molecule has 0 saturated carbocycles. The Balaban J connectivity index is 1.98. The van der Waals surface area contributed by atoms with E-state index in [2.05, 4.69) is 17.2 Å². The van der Waals surface area contributed by atoms with Gasteiger partial charge in [0.05, 0.1) is 23.7 Å². The molecule has 1 aliphatic heterocycles. The molecule has 1 aromatic heterocycles. The normalized spacial score (nSPS) is 23.9. The van der Waals surface area contributed by atoms with Crippen molar-refractivity contribution >= 4 is 17.2 Å². The van der Waals surface area contributed by atoms with Crippen molar-refractivity contribution in [1.82, 2.24) is 15.2 Å². The average Bonchev–Trinajstić information content (AvgIpc) is 2.88. The second-order valence-corrected chi connectivity index (χ2v) is 5.74. The lowest BCUT2D eigenvalue weighted by Crippen LogP contribution is -2.35. The van der Waals surface area contributed by atoms with E-state index in [0.717, 1.165) is 18.8 Å². The van der Waals surface area contributed by atoms with E-state index >= 15 is 0 Å². The van der Waals surface area contributed by atoms with Crippen LogP contribution in [0.2, 0.25) is 0 Å². The number of carbonyl (C=O) groups is 1. The fourth-order valence-corrected chi connectivity index (χ4v) is 3.02. The van der Waals surface area contributed by atoms with Gasteiger partial charge in [0, 0.05) is 18.5 Å². The lowest BCUT2D eigenvalue weighted by molar-refractivity contribution is -0.135. The van der Waals surface area contributed by atoms with Gasteiger partial charge in [0.15, 0.2) is 0 Å². The maximum absolute atomic E-state index is 12.3. The summed E-state index contributed by atoms with van der Waals surface area (Å²) in [5.41, 5.74) is 2.87. The van der Waals surface area contributed by atoms with E-state index in [1.54, 1.807) is 11.3 Å². The zero-order valence-corrected chi connectivity index (χ0v) is 11.4. The molecule has 1 N–H and O–H groups in total. The van der Waals surface area contributed by atoms with Gasteiger partial charge in [-0.3, -0.25) is 4.79 Å². The maximum atomic E-state index is 12.3. The molecule has 17 heavy (non-hydrogen) atoms. The topological polar surface area (TPSA) is 45.2 Å². The molecule has 94 valence electrons. The van der Waals surface area contributed by atoms with E-state index in [1.165, 1.54) is 4.88 Å². The van der Waals surface area contributed by atoms with E-state index in [0.29, 0.717) is 12.5 Å². The van der Waals surface area contributed by atoms with Crippen molar-refractivity contribution < 1.29 is 4.79 Å². The zero-order valence-electron chi connectivity index (χ0n) is 10.6. The molecule has 4 nitrogen and oxygen atoms in total. The second-order valence-electron chi connectivity index (χ2n) is 4.80. The molecule has 0 aromatic carbocycles. The zero-order chi connectivity index (χ0) is 12.4. The summed E-state index contributed by atoms with van der Waals surface area (Å²) in [6, 6.07) is 0. The summed E-state index contributed by atoms with van der Waals surface area (Å²) in [5.74, 6) is 0.816. The van der Waals surface area contributed by atoms with Gasteiger partial charge in [0.2, 0.25) is 5.91 Å². The number of nitrogens with one attached hydrogen (secondary N) is 1. The average molecular weight is 253 g/mol. The molecule has 0 unspecified atom stereocenters. The van der Waals surface area contributed by atoms with Crippen molar-refractivity contribution in [3.05, 3.63) is 16.1 Å². The van der Waals surface area contributed by atoms with E-state index in [1.807, 2.05) is 24.4 Å². The highest BCUT2D eigenvalue weighted by Crippen LogP contribution is 2.20. The summed E-state index contributed by atoms with van der Waals surface area (Å²) in [6.07, 6.45) is 0. The van der Waals surface area contributed by atoms with Gasteiger partial charge >= 0.3 is 0 Å². The smallest absolute Gasteiger partial charge is 0.227 e. The van der Waals surface area contributed by atoms with E-state index in [9.17, 15) is 4.79 Å². The number of aryl methyl sites for hydroxylation is 1. The molecular weight excluding hydrogens is 234 g/mol. The monoisotopic (exact) mass is 253 g/mol. The van der Waals surface area contributed by atoms with Crippen molar-refractivity contribution in [3.63, 3.8) is 0 Å². The van der Waals surface area contributed by atoms with Crippen LogP contribution in [0.25, 0.3) is 0 Å². The molecule has 1 amide bonds. The second kappa shape index (κ2) is 5.14. The van der Waals surface area contributed by atoms with Crippen LogP contribution in [0.5, 0.6) is 0 Å². The number of hydrogen-bond donors (Lipinski definition) is 1. The van der Waals surface area contributed by atoms with Crippen molar-refractivity contribution in [1.29, 1.82) is 0 Å². The number of thiazole rings is 1. The van der Waals surface area contributed by atoms with Crippen LogP contribution in [0.15, 0.2) is 5.51 Å². The van der Waals surface area contributed by atoms with Crippen LogP contribution in [0.3, 0.4) is 0 Å². The maximum Gasteiger partial charge on any atom is 0.227 e. The van der Waals surface area contributed by atoms with Gasteiger partial charge in [0.25, 0.3) is 0 Å². The van der Waals surface area contributed by atoms with Crippen LogP contribution in [-0.2, 0) is 11.3 Å². The fourth-order valence-electron chi connectivity index (χ4n) is 2.20. The van der Waals surface area contributed by atoms with E-state index in [4.69, 9.17) is 0 Å². The predicted molar refractivity (Wildman–Crippen MR) is 68.8 cm³/mol. The summed E-state index contributed by atoms with van der Waals surface area (Å²) < 4.78 is 0. The molecule has 1 aromatic rings. The Kier molecular flexibility index (Phi) is 3.79. The van der Waals surface area contributed by atoms with Gasteiger partial charge in [-0.2, -0.15) is 0 Å². The minimum Gasteiger partial charge on any atom is -0.340 e. The van der Waals surface area contributed by atoms with Crippen LogP contribution in [-0.4, -0.2) is 35.9 Å². The van der Waals surface area contributed by atoms with Crippen molar-refractivity contribution in [2.45, 2.75) is 20.4 Å². The summed E-state index contributed by atoms with van der Waals surface area (Å²) in [4.78, 5) is 19.5. The van der Waals surface area contributed by atoms with Gasteiger partial charge < -0.3 is 10.2 Å². The summed E-state index contributed by atoms with van der Waals surface area (Å²) in [5, 5.41) is 3.27. The predicted octanol–water partition coefficient (Wildman–Crippen LogP) is 1.27. The van der Waals surface area contributed by atoms with Crippen LogP contribution in [0.1, 0.15) is 17.5 Å². The highest BCUT2D eigenvalue weighted by atomic mass is 32.1. The lowest BCUT2D eigenvalue weighted by atomic mass is 9.97. The molecule has 0 spiro atoms. The number of rotatable bonds is 3. The first-order valence-electron chi connectivity index (χ1n) is 5.94. The SMILES string of the molecule is Cc1ncsc1CN(C)C(=O)[C@@H]1CNC[C@H]1C. The van der Waals surface area contributed by atoms with Gasteiger partial charge in [0.1, 0.15) is 0 Å². The quantitative estimate of drug-likeness (QED) is 0.882. The van der Waals surface area contributed by atoms with Crippen molar-refractivity contribution in [3.8, 4) is 0 Å². The molecule has 1 saturated heterocycles. The molecule has 2 heterocycles. The summed E-state index contributed by atoms with van der Waals surface area (Å²) in [6.45, 7) is 6.56. The highest BCUT2D eigenvalue weighted by Gasteiger charge is 2.31. The van der Waals surface area contributed by atoms with Crippen LogP contribution >= 0.6 is 11.3 Å². The van der Waals surface area contributed by atoms with E-state index < -0.39 is 0 Å². The molecule has 2 atom stereocenters. The van der Waals surface area contributed by atoms with E-state index in [-0.39, 0.29) is 11.8 Å². The molecule has 0 radical (unpaired) electrons. The largest absolute Gasteiger partial charge is 0.340 e. The van der Waals surface area contributed by atoms with Crippen molar-refractivity contribution in [2.75, 3.05) is 20.1 Å². The first-order chi connectivity index (χ1) is 8.09. The van der Waals surface area contributed by atoms with Gasteiger partial charge in [-0.1, -0.05) is 6.92 Å². The Bertz CT molecular complexity index is 404. The fraction of sp³-hybridized carbons (Fsp3) is 0.667. The number of hydrogen-bond acceptors (Lipinski definition) is 4. The molecule has 1 aliphatic rings. The highest BCUT2D eigenvalue weighted by molar-refractivity contribution is 7.09. The molecule has 0 bridgehead atoms. The standard InChI is InChI=1S/C12H19N3OS/c1-8-4-13-5-10(8)12(16)15(3)6-11-9(2)14-7-17-11/h7-8,10,13H,4-6H2,1-3H3/t8-,10-/m1/s1. The number of carbonyl (C=O) groups excluding carboxylic acids is 1. The van der Waals surface area contributed by atoms with Crippen LogP contribution in [0, 0.1) is 18.8 Å². The summed E-state index contributed by atoms with van der Waals surface area (Å²) >= 11 is 1.62. The Morgan fingerprint density at radius 3 is 2.94 bits per heavy atom. The minimum atomic E-state index is 0.133. The Morgan fingerprint density at radius 2 is 2.41 bits per heavy atom. The lowest BCUT2D eigenvalue weighted by Gasteiger charge is -2.22. The molecule has 2 rings (SSSR count). The number of amides is 1. The third-order valence-electron chi connectivity index (χ3n) is 3.44. The third-order valence-corrected chi connectivity index (χ3v) is 4.36. The number of nitrogens with zero attached hydrogens (tertiary/aromatic N) is 2.